The summed E-state index contributed by atoms with van der Waals surface area (Å²) in [5.74, 6) is 2.49. The van der Waals surface area contributed by atoms with Crippen LogP contribution in [-0.2, 0) is 0 Å². The summed E-state index contributed by atoms with van der Waals surface area (Å²) in [6.45, 7) is 4.54. The molecule has 0 aromatic heterocycles. The zero-order chi connectivity index (χ0) is 9.84. The molecule has 1 aliphatic rings. The molecule has 2 nitrogen and oxygen atoms in total. The molecule has 2 heteroatoms. The van der Waals surface area contributed by atoms with Crippen molar-refractivity contribution in [2.45, 2.75) is 46.0 Å². The summed E-state index contributed by atoms with van der Waals surface area (Å²) in [6, 6.07) is 0. The summed E-state index contributed by atoms with van der Waals surface area (Å²) in [7, 11) is 0. The lowest BCUT2D eigenvalue weighted by molar-refractivity contribution is 0.199. The van der Waals surface area contributed by atoms with Gasteiger partial charge in [0.15, 0.2) is 0 Å². The van der Waals surface area contributed by atoms with E-state index in [1.807, 2.05) is 0 Å². The van der Waals surface area contributed by atoms with Crippen LogP contribution < -0.4 is 5.73 Å². The van der Waals surface area contributed by atoms with E-state index in [2.05, 4.69) is 13.8 Å². The molecule has 0 bridgehead atoms. The van der Waals surface area contributed by atoms with Crippen LogP contribution in [-0.4, -0.2) is 5.84 Å². The van der Waals surface area contributed by atoms with Gasteiger partial charge in [-0.3, -0.25) is 5.41 Å². The number of nitrogens with one attached hydrogen (secondary N) is 1. The van der Waals surface area contributed by atoms with Crippen molar-refractivity contribution in [2.75, 3.05) is 0 Å². The van der Waals surface area contributed by atoms with Crippen LogP contribution >= 0.6 is 0 Å². The summed E-state index contributed by atoms with van der Waals surface area (Å²) >= 11 is 0. The molecule has 0 radical (unpaired) electrons. The number of hydrogen-bond donors (Lipinski definition) is 2. The molecule has 0 saturated heterocycles. The molecular formula is C11H22N2. The molecule has 0 spiro atoms. The van der Waals surface area contributed by atoms with Gasteiger partial charge in [-0.25, -0.2) is 0 Å². The average Bonchev–Trinajstić information content (AvgIpc) is 2.16. The Hall–Kier alpha value is -0.530. The zero-order valence-corrected chi connectivity index (χ0v) is 8.84. The molecule has 3 unspecified atom stereocenters. The van der Waals surface area contributed by atoms with Crippen LogP contribution in [0, 0.1) is 23.2 Å². The van der Waals surface area contributed by atoms with E-state index in [1.54, 1.807) is 0 Å². The Kier molecular flexibility index (Phi) is 3.76. The molecule has 3 N–H and O–H groups in total. The first kappa shape index (κ1) is 10.6. The smallest absolute Gasteiger partial charge is 0.0937 e. The Morgan fingerprint density at radius 2 is 1.85 bits per heavy atom. The van der Waals surface area contributed by atoms with E-state index >= 15 is 0 Å². The Morgan fingerprint density at radius 3 is 2.31 bits per heavy atom. The van der Waals surface area contributed by atoms with Crippen LogP contribution in [0.15, 0.2) is 0 Å². The number of rotatable bonds is 3. The van der Waals surface area contributed by atoms with Crippen LogP contribution in [0.4, 0.5) is 0 Å². The fourth-order valence-corrected chi connectivity index (χ4v) is 2.65. The van der Waals surface area contributed by atoms with E-state index in [1.165, 1.54) is 19.3 Å². The second kappa shape index (κ2) is 4.64. The highest BCUT2D eigenvalue weighted by Gasteiger charge is 2.29. The Morgan fingerprint density at radius 1 is 1.23 bits per heavy atom. The van der Waals surface area contributed by atoms with Crippen molar-refractivity contribution in [1.82, 2.24) is 0 Å². The summed E-state index contributed by atoms with van der Waals surface area (Å²) < 4.78 is 0. The minimum Gasteiger partial charge on any atom is -0.387 e. The molecule has 1 saturated carbocycles. The predicted molar refractivity (Wildman–Crippen MR) is 56.8 cm³/mol. The maximum atomic E-state index is 7.45. The first-order valence-corrected chi connectivity index (χ1v) is 5.52. The largest absolute Gasteiger partial charge is 0.387 e. The van der Waals surface area contributed by atoms with E-state index < -0.39 is 0 Å². The van der Waals surface area contributed by atoms with Crippen molar-refractivity contribution >= 4 is 5.84 Å². The van der Waals surface area contributed by atoms with Gasteiger partial charge in [0.2, 0.25) is 0 Å². The number of amidine groups is 1. The molecule has 0 aliphatic heterocycles. The van der Waals surface area contributed by atoms with Crippen LogP contribution in [0.1, 0.15) is 46.0 Å². The molecule has 0 aromatic rings. The number of nitrogens with two attached hydrogens (primary N) is 1. The van der Waals surface area contributed by atoms with Gasteiger partial charge in [-0.05, 0) is 31.1 Å². The van der Waals surface area contributed by atoms with Crippen molar-refractivity contribution in [3.8, 4) is 0 Å². The molecule has 76 valence electrons. The molecule has 0 heterocycles. The average molecular weight is 182 g/mol. The molecule has 13 heavy (non-hydrogen) atoms. The van der Waals surface area contributed by atoms with E-state index in [4.69, 9.17) is 11.1 Å². The second-order valence-corrected chi connectivity index (χ2v) is 4.30. The second-order valence-electron chi connectivity index (χ2n) is 4.30. The standard InChI is InChI=1S/C11H22N2/c1-3-8-5-6-10(11(12)13)7-9(8)4-2/h8-10H,3-7H2,1-2H3,(H3,12,13). The fraction of sp³-hybridized carbons (Fsp3) is 0.909. The third kappa shape index (κ3) is 2.45. The molecule has 1 aliphatic carbocycles. The molecule has 3 atom stereocenters. The van der Waals surface area contributed by atoms with E-state index in [0.717, 1.165) is 24.7 Å². The van der Waals surface area contributed by atoms with Gasteiger partial charge in [0, 0.05) is 5.92 Å². The quantitative estimate of drug-likeness (QED) is 0.511. The molecular weight excluding hydrogens is 160 g/mol. The Balaban J connectivity index is 2.52. The lowest BCUT2D eigenvalue weighted by Gasteiger charge is -2.34. The lowest BCUT2D eigenvalue weighted by Crippen LogP contribution is -2.32. The summed E-state index contributed by atoms with van der Waals surface area (Å²) in [5.41, 5.74) is 5.55. The van der Waals surface area contributed by atoms with E-state index in [0.29, 0.717) is 11.8 Å². The van der Waals surface area contributed by atoms with Crippen molar-refractivity contribution in [3.05, 3.63) is 0 Å². The van der Waals surface area contributed by atoms with E-state index in [-0.39, 0.29) is 0 Å². The van der Waals surface area contributed by atoms with Crippen molar-refractivity contribution in [3.63, 3.8) is 0 Å². The lowest BCUT2D eigenvalue weighted by atomic mass is 9.71. The first-order valence-electron chi connectivity index (χ1n) is 5.52. The topological polar surface area (TPSA) is 49.9 Å². The molecule has 0 aromatic carbocycles. The highest BCUT2D eigenvalue weighted by molar-refractivity contribution is 5.79. The predicted octanol–water partition coefficient (Wildman–Crippen LogP) is 2.77. The highest BCUT2D eigenvalue weighted by Crippen LogP contribution is 2.37. The SMILES string of the molecule is CCC1CCC(C(=N)N)CC1CC. The molecule has 1 rings (SSSR count). The molecule has 0 amide bonds. The first-order chi connectivity index (χ1) is 6.19. The van der Waals surface area contributed by atoms with Crippen LogP contribution in [0.25, 0.3) is 0 Å². The van der Waals surface area contributed by atoms with Crippen molar-refractivity contribution in [2.24, 2.45) is 23.5 Å². The van der Waals surface area contributed by atoms with Crippen molar-refractivity contribution in [1.29, 1.82) is 5.41 Å². The maximum absolute atomic E-state index is 7.45. The van der Waals surface area contributed by atoms with Gasteiger partial charge in [-0.2, -0.15) is 0 Å². The fourth-order valence-electron chi connectivity index (χ4n) is 2.65. The third-order valence-electron chi connectivity index (χ3n) is 3.63. The van der Waals surface area contributed by atoms with Gasteiger partial charge in [0.05, 0.1) is 5.84 Å². The molecule has 1 fully saturated rings. The Bertz CT molecular complexity index is 177. The van der Waals surface area contributed by atoms with Crippen LogP contribution in [0.3, 0.4) is 0 Å². The van der Waals surface area contributed by atoms with E-state index in [9.17, 15) is 0 Å². The summed E-state index contributed by atoms with van der Waals surface area (Å²) in [5, 5.41) is 7.45. The van der Waals surface area contributed by atoms with Crippen LogP contribution in [0.2, 0.25) is 0 Å². The zero-order valence-electron chi connectivity index (χ0n) is 8.84. The normalized spacial score (nSPS) is 34.5. The van der Waals surface area contributed by atoms with Gasteiger partial charge in [0.1, 0.15) is 0 Å². The number of hydrogen-bond acceptors (Lipinski definition) is 1. The summed E-state index contributed by atoms with van der Waals surface area (Å²) in [4.78, 5) is 0. The third-order valence-corrected chi connectivity index (χ3v) is 3.63. The maximum Gasteiger partial charge on any atom is 0.0937 e. The van der Waals surface area contributed by atoms with Gasteiger partial charge in [-0.15, -0.1) is 0 Å². The van der Waals surface area contributed by atoms with Gasteiger partial charge in [0.25, 0.3) is 0 Å². The monoisotopic (exact) mass is 182 g/mol. The minimum atomic E-state index is 0.382. The van der Waals surface area contributed by atoms with Gasteiger partial charge < -0.3 is 5.73 Å². The van der Waals surface area contributed by atoms with Crippen LogP contribution in [0.5, 0.6) is 0 Å². The van der Waals surface area contributed by atoms with Gasteiger partial charge >= 0.3 is 0 Å². The van der Waals surface area contributed by atoms with Crippen molar-refractivity contribution < 1.29 is 0 Å². The summed E-state index contributed by atoms with van der Waals surface area (Å²) in [6.07, 6.45) is 6.12. The highest BCUT2D eigenvalue weighted by atomic mass is 14.7. The van der Waals surface area contributed by atoms with Gasteiger partial charge in [-0.1, -0.05) is 26.7 Å². The Labute approximate surface area is 81.4 Å². The minimum absolute atomic E-state index is 0.382.